The van der Waals surface area contributed by atoms with Crippen molar-refractivity contribution in [2.24, 2.45) is 0 Å². The average molecular weight is 448 g/mol. The molecule has 1 aliphatic rings. The van der Waals surface area contributed by atoms with E-state index in [1.807, 2.05) is 122 Å². The lowest BCUT2D eigenvalue weighted by Gasteiger charge is -2.41. The SMILES string of the molecule is Cc1cccc([C@@]2(C)OC(=O)N(C(c3ccccc3)(c3ccccc3)c3ccccc3)C2=O)c1. The second-order valence-corrected chi connectivity index (χ2v) is 8.72. The summed E-state index contributed by atoms with van der Waals surface area (Å²) in [6.07, 6.45) is -0.675. The van der Waals surface area contributed by atoms with Crippen LogP contribution >= 0.6 is 0 Å². The van der Waals surface area contributed by atoms with E-state index in [9.17, 15) is 9.59 Å². The predicted molar refractivity (Wildman–Crippen MR) is 131 cm³/mol. The van der Waals surface area contributed by atoms with Crippen molar-refractivity contribution in [1.29, 1.82) is 0 Å². The summed E-state index contributed by atoms with van der Waals surface area (Å²) in [5, 5.41) is 0. The fraction of sp³-hybridized carbons (Fsp3) is 0.133. The Kier molecular flexibility index (Phi) is 5.29. The van der Waals surface area contributed by atoms with Crippen molar-refractivity contribution >= 4 is 12.0 Å². The lowest BCUT2D eigenvalue weighted by Crippen LogP contribution is -2.52. The highest BCUT2D eigenvalue weighted by Gasteiger charge is 2.60. The zero-order valence-electron chi connectivity index (χ0n) is 19.1. The Bertz CT molecular complexity index is 1240. The van der Waals surface area contributed by atoms with Crippen molar-refractivity contribution in [1.82, 2.24) is 4.90 Å². The van der Waals surface area contributed by atoms with Gasteiger partial charge in [-0.2, -0.15) is 0 Å². The quantitative estimate of drug-likeness (QED) is 0.343. The zero-order chi connectivity index (χ0) is 23.8. The number of rotatable bonds is 5. The standard InChI is InChI=1S/C30H25NO3/c1-22-13-12-20-26(21-22)29(2)27(32)31(28(33)34-29)30(23-14-6-3-7-15-23,24-16-8-4-9-17-24)25-18-10-5-11-19-25/h3-21H,1-2H3/t29-/m1/s1. The molecule has 0 aliphatic carbocycles. The molecule has 4 heteroatoms. The van der Waals surface area contributed by atoms with Gasteiger partial charge in [-0.3, -0.25) is 4.79 Å². The molecule has 1 aliphatic heterocycles. The molecule has 4 aromatic carbocycles. The lowest BCUT2D eigenvalue weighted by atomic mass is 9.75. The molecule has 4 nitrogen and oxygen atoms in total. The smallest absolute Gasteiger partial charge is 0.419 e. The van der Waals surface area contributed by atoms with Gasteiger partial charge < -0.3 is 4.74 Å². The molecule has 0 aromatic heterocycles. The molecule has 2 amide bonds. The fourth-order valence-electron chi connectivity index (χ4n) is 4.90. The van der Waals surface area contributed by atoms with E-state index in [1.165, 1.54) is 4.90 Å². The summed E-state index contributed by atoms with van der Waals surface area (Å²) in [7, 11) is 0. The number of imide groups is 1. The number of hydrogen-bond acceptors (Lipinski definition) is 3. The molecule has 34 heavy (non-hydrogen) atoms. The van der Waals surface area contributed by atoms with Crippen LogP contribution in [0.15, 0.2) is 115 Å². The van der Waals surface area contributed by atoms with Crippen molar-refractivity contribution in [2.75, 3.05) is 0 Å². The Labute approximate surface area is 199 Å². The molecule has 0 bridgehead atoms. The van der Waals surface area contributed by atoms with Crippen LogP contribution in [0, 0.1) is 6.92 Å². The third-order valence-electron chi connectivity index (χ3n) is 6.56. The molecule has 4 aromatic rings. The Morgan fingerprint density at radius 1 is 0.676 bits per heavy atom. The number of carbonyl (C=O) groups excluding carboxylic acids is 2. The van der Waals surface area contributed by atoms with Crippen LogP contribution in [0.5, 0.6) is 0 Å². The van der Waals surface area contributed by atoms with Gasteiger partial charge in [-0.05, 0) is 30.5 Å². The maximum atomic E-state index is 14.3. The normalized spacial score (nSPS) is 18.1. The van der Waals surface area contributed by atoms with Gasteiger partial charge >= 0.3 is 6.09 Å². The van der Waals surface area contributed by atoms with Crippen LogP contribution in [0.3, 0.4) is 0 Å². The largest absolute Gasteiger partial charge is 0.428 e. The third kappa shape index (κ3) is 3.22. The number of nitrogens with zero attached hydrogens (tertiary/aromatic N) is 1. The first-order valence-electron chi connectivity index (χ1n) is 11.3. The summed E-state index contributed by atoms with van der Waals surface area (Å²) in [5.41, 5.74) is 1.38. The summed E-state index contributed by atoms with van der Waals surface area (Å²) in [5.74, 6) is -0.403. The van der Waals surface area contributed by atoms with Gasteiger partial charge in [-0.15, -0.1) is 0 Å². The van der Waals surface area contributed by atoms with Crippen LogP contribution in [0.4, 0.5) is 4.79 Å². The zero-order valence-corrected chi connectivity index (χ0v) is 19.1. The van der Waals surface area contributed by atoms with Crippen LogP contribution in [-0.2, 0) is 20.7 Å². The van der Waals surface area contributed by atoms with Gasteiger partial charge in [0.1, 0.15) is 5.54 Å². The second-order valence-electron chi connectivity index (χ2n) is 8.72. The predicted octanol–water partition coefficient (Wildman–Crippen LogP) is 6.18. The molecule has 1 atom stereocenters. The van der Waals surface area contributed by atoms with Crippen LogP contribution in [0.1, 0.15) is 34.7 Å². The Morgan fingerprint density at radius 2 is 1.15 bits per heavy atom. The molecule has 0 N–H and O–H groups in total. The minimum absolute atomic E-state index is 0.403. The van der Waals surface area contributed by atoms with Gasteiger partial charge in [-0.1, -0.05) is 121 Å². The number of amides is 2. The van der Waals surface area contributed by atoms with Crippen molar-refractivity contribution in [3.8, 4) is 0 Å². The van der Waals surface area contributed by atoms with Gasteiger partial charge in [-0.25, -0.2) is 9.69 Å². The number of aryl methyl sites for hydroxylation is 1. The molecule has 1 saturated heterocycles. The minimum atomic E-state index is -1.44. The van der Waals surface area contributed by atoms with E-state index in [0.717, 1.165) is 22.3 Å². The van der Waals surface area contributed by atoms with E-state index in [-0.39, 0.29) is 0 Å². The number of benzene rings is 4. The summed E-state index contributed by atoms with van der Waals surface area (Å²) >= 11 is 0. The maximum Gasteiger partial charge on any atom is 0.419 e. The maximum absolute atomic E-state index is 14.3. The average Bonchev–Trinajstić information content (AvgIpc) is 3.11. The number of ether oxygens (including phenoxy) is 1. The van der Waals surface area contributed by atoms with E-state index in [1.54, 1.807) is 6.92 Å². The molecule has 1 fully saturated rings. The highest BCUT2D eigenvalue weighted by Crippen LogP contribution is 2.48. The van der Waals surface area contributed by atoms with Gasteiger partial charge in [0.05, 0.1) is 0 Å². The first-order chi connectivity index (χ1) is 16.5. The monoisotopic (exact) mass is 447 g/mol. The Hall–Kier alpha value is -4.18. The highest BCUT2D eigenvalue weighted by molar-refractivity contribution is 6.05. The van der Waals surface area contributed by atoms with Gasteiger partial charge in [0.15, 0.2) is 0 Å². The number of carbonyl (C=O) groups is 2. The van der Waals surface area contributed by atoms with Crippen LogP contribution in [-0.4, -0.2) is 16.9 Å². The second kappa shape index (κ2) is 8.31. The van der Waals surface area contributed by atoms with E-state index in [0.29, 0.717) is 5.56 Å². The van der Waals surface area contributed by atoms with E-state index >= 15 is 0 Å². The van der Waals surface area contributed by atoms with Crippen LogP contribution < -0.4 is 0 Å². The minimum Gasteiger partial charge on any atom is -0.428 e. The summed E-state index contributed by atoms with van der Waals surface area (Å²) in [6, 6.07) is 36.5. The Morgan fingerprint density at radius 3 is 1.59 bits per heavy atom. The molecule has 0 spiro atoms. The molecule has 0 radical (unpaired) electrons. The van der Waals surface area contributed by atoms with E-state index < -0.39 is 23.1 Å². The molecular formula is C30H25NO3. The molecule has 0 unspecified atom stereocenters. The fourth-order valence-corrected chi connectivity index (χ4v) is 4.90. The van der Waals surface area contributed by atoms with Gasteiger partial charge in [0, 0.05) is 5.56 Å². The first kappa shape index (κ1) is 21.7. The highest BCUT2D eigenvalue weighted by atomic mass is 16.6. The van der Waals surface area contributed by atoms with E-state index in [2.05, 4.69) is 0 Å². The Balaban J connectivity index is 1.81. The number of hydrogen-bond donors (Lipinski definition) is 0. The molecule has 0 saturated carbocycles. The first-order valence-corrected chi connectivity index (χ1v) is 11.3. The van der Waals surface area contributed by atoms with Crippen molar-refractivity contribution in [3.05, 3.63) is 143 Å². The summed E-state index contributed by atoms with van der Waals surface area (Å²) in [4.78, 5) is 29.3. The lowest BCUT2D eigenvalue weighted by molar-refractivity contribution is -0.138. The van der Waals surface area contributed by atoms with Gasteiger partial charge in [0.2, 0.25) is 5.60 Å². The third-order valence-corrected chi connectivity index (χ3v) is 6.56. The number of cyclic esters (lactones) is 1. The molecule has 5 rings (SSSR count). The summed E-state index contributed by atoms with van der Waals surface area (Å²) < 4.78 is 5.92. The summed E-state index contributed by atoms with van der Waals surface area (Å²) in [6.45, 7) is 3.63. The van der Waals surface area contributed by atoms with Gasteiger partial charge in [0.25, 0.3) is 5.91 Å². The topological polar surface area (TPSA) is 46.6 Å². The van der Waals surface area contributed by atoms with Crippen molar-refractivity contribution < 1.29 is 14.3 Å². The van der Waals surface area contributed by atoms with Crippen molar-refractivity contribution in [3.63, 3.8) is 0 Å². The van der Waals surface area contributed by atoms with E-state index in [4.69, 9.17) is 4.74 Å². The van der Waals surface area contributed by atoms with Crippen LogP contribution in [0.2, 0.25) is 0 Å². The van der Waals surface area contributed by atoms with Crippen molar-refractivity contribution in [2.45, 2.75) is 25.0 Å². The van der Waals surface area contributed by atoms with Crippen LogP contribution in [0.25, 0.3) is 0 Å². The molecule has 168 valence electrons. The molecular weight excluding hydrogens is 422 g/mol. The molecule has 1 heterocycles.